The molecule has 0 bridgehead atoms. The Balaban J connectivity index is 2.09. The molecule has 0 aliphatic heterocycles. The van der Waals surface area contributed by atoms with E-state index in [-0.39, 0.29) is 11.5 Å². The van der Waals surface area contributed by atoms with Crippen molar-refractivity contribution in [3.8, 4) is 0 Å². The Labute approximate surface area is 145 Å². The molecule has 7 nitrogen and oxygen atoms in total. The monoisotopic (exact) mass is 363 g/mol. The van der Waals surface area contributed by atoms with Crippen molar-refractivity contribution < 1.29 is 27.9 Å². The molecule has 1 N–H and O–H groups in total. The van der Waals surface area contributed by atoms with E-state index >= 15 is 0 Å². The van der Waals surface area contributed by atoms with Gasteiger partial charge in [0.05, 0.1) is 4.90 Å². The second kappa shape index (κ2) is 8.41. The van der Waals surface area contributed by atoms with Crippen LogP contribution >= 0.6 is 0 Å². The molecular formula is C17H17NO6S. The maximum Gasteiger partial charge on any atom is 0.321 e. The fraction of sp³-hybridized carbons (Fsp3) is 0.176. The molecule has 0 aliphatic rings. The SMILES string of the molecule is O=C(O)CN(CC(=O)OCc1ccccc1)S(=O)(=O)c1ccccc1. The molecule has 2 aromatic carbocycles. The summed E-state index contributed by atoms with van der Waals surface area (Å²) in [7, 11) is -4.12. The van der Waals surface area contributed by atoms with E-state index in [2.05, 4.69) is 0 Å². The predicted octanol–water partition coefficient (Wildman–Crippen LogP) is 1.51. The number of aliphatic carboxylic acids is 1. The summed E-state index contributed by atoms with van der Waals surface area (Å²) in [5.41, 5.74) is 0.742. The van der Waals surface area contributed by atoms with E-state index in [1.54, 1.807) is 30.3 Å². The van der Waals surface area contributed by atoms with Gasteiger partial charge >= 0.3 is 11.9 Å². The number of carboxylic acid groups (broad SMARTS) is 1. The third-order valence-corrected chi connectivity index (χ3v) is 5.05. The Kier molecular flexibility index (Phi) is 6.26. The Morgan fingerprint density at radius 3 is 2.04 bits per heavy atom. The van der Waals surface area contributed by atoms with E-state index in [4.69, 9.17) is 9.84 Å². The van der Waals surface area contributed by atoms with E-state index in [9.17, 15) is 18.0 Å². The Bertz CT molecular complexity index is 821. The summed E-state index contributed by atoms with van der Waals surface area (Å²) in [6.45, 7) is -1.54. The largest absolute Gasteiger partial charge is 0.480 e. The predicted molar refractivity (Wildman–Crippen MR) is 89.1 cm³/mol. The quantitative estimate of drug-likeness (QED) is 0.714. The Hall–Kier alpha value is -2.71. The fourth-order valence-corrected chi connectivity index (χ4v) is 3.40. The molecule has 0 saturated carbocycles. The lowest BCUT2D eigenvalue weighted by Crippen LogP contribution is -2.39. The highest BCUT2D eigenvalue weighted by molar-refractivity contribution is 7.89. The summed E-state index contributed by atoms with van der Waals surface area (Å²) in [5.74, 6) is -2.19. The zero-order valence-electron chi connectivity index (χ0n) is 13.2. The number of carbonyl (C=O) groups excluding carboxylic acids is 1. The summed E-state index contributed by atoms with van der Waals surface area (Å²) in [6.07, 6.45) is 0. The van der Waals surface area contributed by atoms with Crippen molar-refractivity contribution >= 4 is 22.0 Å². The zero-order valence-corrected chi connectivity index (χ0v) is 14.1. The van der Waals surface area contributed by atoms with Gasteiger partial charge in [0.1, 0.15) is 19.7 Å². The third-order valence-electron chi connectivity index (χ3n) is 3.24. The molecule has 0 saturated heterocycles. The van der Waals surface area contributed by atoms with Crippen LogP contribution in [0.15, 0.2) is 65.6 Å². The second-order valence-corrected chi connectivity index (χ2v) is 7.06. The van der Waals surface area contributed by atoms with Gasteiger partial charge in [0.2, 0.25) is 10.0 Å². The molecule has 132 valence electrons. The Morgan fingerprint density at radius 1 is 0.920 bits per heavy atom. The summed E-state index contributed by atoms with van der Waals surface area (Å²) in [6, 6.07) is 16.2. The van der Waals surface area contributed by atoms with Gasteiger partial charge in [-0.05, 0) is 17.7 Å². The first-order valence-electron chi connectivity index (χ1n) is 7.36. The van der Waals surface area contributed by atoms with Gasteiger partial charge in [0.15, 0.2) is 0 Å². The number of carbonyl (C=O) groups is 2. The molecule has 0 fully saturated rings. The number of hydrogen-bond donors (Lipinski definition) is 1. The first kappa shape index (κ1) is 18.6. The highest BCUT2D eigenvalue weighted by Gasteiger charge is 2.29. The molecule has 0 unspecified atom stereocenters. The molecule has 2 rings (SSSR count). The summed E-state index contributed by atoms with van der Waals surface area (Å²) >= 11 is 0. The number of benzene rings is 2. The minimum atomic E-state index is -4.12. The van der Waals surface area contributed by atoms with Crippen molar-refractivity contribution in [2.75, 3.05) is 13.1 Å². The number of sulfonamides is 1. The van der Waals surface area contributed by atoms with E-state index < -0.39 is 35.1 Å². The highest BCUT2D eigenvalue weighted by Crippen LogP contribution is 2.15. The first-order chi connectivity index (χ1) is 11.9. The van der Waals surface area contributed by atoms with Gasteiger partial charge in [-0.15, -0.1) is 0 Å². The van der Waals surface area contributed by atoms with Crippen molar-refractivity contribution in [2.45, 2.75) is 11.5 Å². The number of nitrogens with zero attached hydrogens (tertiary/aromatic N) is 1. The van der Waals surface area contributed by atoms with Crippen LogP contribution in [0, 0.1) is 0 Å². The van der Waals surface area contributed by atoms with Crippen LogP contribution in [0.1, 0.15) is 5.56 Å². The van der Waals surface area contributed by atoms with E-state index in [1.165, 1.54) is 24.3 Å². The molecule has 0 heterocycles. The van der Waals surface area contributed by atoms with Gasteiger partial charge in [-0.1, -0.05) is 48.5 Å². The number of ether oxygens (including phenoxy) is 1. The fourth-order valence-electron chi connectivity index (χ4n) is 2.05. The summed E-state index contributed by atoms with van der Waals surface area (Å²) < 4.78 is 30.7. The van der Waals surface area contributed by atoms with E-state index in [0.29, 0.717) is 4.31 Å². The molecule has 25 heavy (non-hydrogen) atoms. The highest BCUT2D eigenvalue weighted by atomic mass is 32.2. The molecule has 0 atom stereocenters. The lowest BCUT2D eigenvalue weighted by molar-refractivity contribution is -0.145. The first-order valence-corrected chi connectivity index (χ1v) is 8.80. The maximum atomic E-state index is 12.5. The van der Waals surface area contributed by atoms with Crippen LogP contribution in [0.2, 0.25) is 0 Å². The van der Waals surface area contributed by atoms with Gasteiger partial charge < -0.3 is 9.84 Å². The molecule has 8 heteroatoms. The van der Waals surface area contributed by atoms with Crippen molar-refractivity contribution in [3.05, 3.63) is 66.2 Å². The van der Waals surface area contributed by atoms with Crippen LogP contribution in [0.3, 0.4) is 0 Å². The van der Waals surface area contributed by atoms with Crippen LogP contribution in [0.25, 0.3) is 0 Å². The lowest BCUT2D eigenvalue weighted by Gasteiger charge is -2.19. The van der Waals surface area contributed by atoms with Crippen LogP contribution in [-0.4, -0.2) is 42.9 Å². The molecule has 0 spiro atoms. The molecule has 2 aromatic rings. The summed E-state index contributed by atoms with van der Waals surface area (Å²) in [4.78, 5) is 22.9. The number of rotatable bonds is 8. The van der Waals surface area contributed by atoms with Gasteiger partial charge in [0, 0.05) is 0 Å². The number of hydrogen-bond acceptors (Lipinski definition) is 5. The van der Waals surface area contributed by atoms with Gasteiger partial charge in [-0.2, -0.15) is 4.31 Å². The average molecular weight is 363 g/mol. The van der Waals surface area contributed by atoms with E-state index in [0.717, 1.165) is 5.56 Å². The average Bonchev–Trinajstić information content (AvgIpc) is 2.60. The van der Waals surface area contributed by atoms with Crippen molar-refractivity contribution in [2.24, 2.45) is 0 Å². The molecule has 0 aliphatic carbocycles. The van der Waals surface area contributed by atoms with Crippen molar-refractivity contribution in [1.29, 1.82) is 0 Å². The molecule has 0 amide bonds. The Morgan fingerprint density at radius 2 is 1.48 bits per heavy atom. The molecule has 0 aromatic heterocycles. The van der Waals surface area contributed by atoms with Gasteiger partial charge in [0.25, 0.3) is 0 Å². The smallest absolute Gasteiger partial charge is 0.321 e. The standard InChI is InChI=1S/C17H17NO6S/c19-16(20)11-18(25(22,23)15-9-5-2-6-10-15)12-17(21)24-13-14-7-3-1-4-8-14/h1-10H,11-13H2,(H,19,20). The maximum absolute atomic E-state index is 12.5. The van der Waals surface area contributed by atoms with Crippen molar-refractivity contribution in [1.82, 2.24) is 4.31 Å². The van der Waals surface area contributed by atoms with Crippen molar-refractivity contribution in [3.63, 3.8) is 0 Å². The van der Waals surface area contributed by atoms with Gasteiger partial charge in [-0.25, -0.2) is 8.42 Å². The van der Waals surface area contributed by atoms with Crippen LogP contribution in [0.5, 0.6) is 0 Å². The topological polar surface area (TPSA) is 101 Å². The summed E-state index contributed by atoms with van der Waals surface area (Å²) in [5, 5.41) is 8.96. The molecular weight excluding hydrogens is 346 g/mol. The minimum Gasteiger partial charge on any atom is -0.480 e. The zero-order chi connectivity index (χ0) is 18.3. The van der Waals surface area contributed by atoms with Crippen LogP contribution in [-0.2, 0) is 31.0 Å². The lowest BCUT2D eigenvalue weighted by atomic mass is 10.2. The van der Waals surface area contributed by atoms with Crippen LogP contribution in [0.4, 0.5) is 0 Å². The van der Waals surface area contributed by atoms with E-state index in [1.807, 2.05) is 6.07 Å². The third kappa shape index (κ3) is 5.40. The number of esters is 1. The second-order valence-electron chi connectivity index (χ2n) is 5.13. The number of carboxylic acids is 1. The minimum absolute atomic E-state index is 0.0219. The van der Waals surface area contributed by atoms with Crippen LogP contribution < -0.4 is 0 Å². The molecule has 0 radical (unpaired) electrons. The normalized spacial score (nSPS) is 11.2. The van der Waals surface area contributed by atoms with Gasteiger partial charge in [-0.3, -0.25) is 9.59 Å².